The molecule has 0 bridgehead atoms. The van der Waals surface area contributed by atoms with Gasteiger partial charge in [0.15, 0.2) is 0 Å². The van der Waals surface area contributed by atoms with Crippen molar-refractivity contribution in [3.05, 3.63) is 64.7 Å². The topological polar surface area (TPSA) is 96.3 Å². The standard InChI is InChI=1S/C23H23NO6/c1-13-10-16-11-15(6-7-18(16)30-13)21(26)19-20(14-4-3-5-17(25)12-14)24(8-9-29-2)23(28)22(19)27/h3-7,11-13,20,25-26H,8-10H2,1-2H3. The van der Waals surface area contributed by atoms with E-state index in [0.717, 1.165) is 11.3 Å². The molecule has 2 unspecified atom stereocenters. The summed E-state index contributed by atoms with van der Waals surface area (Å²) in [5.74, 6) is -0.955. The lowest BCUT2D eigenvalue weighted by Gasteiger charge is -2.25. The van der Waals surface area contributed by atoms with E-state index in [1.807, 2.05) is 6.92 Å². The van der Waals surface area contributed by atoms with Crippen LogP contribution in [-0.2, 0) is 20.7 Å². The van der Waals surface area contributed by atoms with Gasteiger partial charge in [-0.3, -0.25) is 9.59 Å². The van der Waals surface area contributed by atoms with E-state index in [1.165, 1.54) is 24.1 Å². The first-order valence-electron chi connectivity index (χ1n) is 9.77. The van der Waals surface area contributed by atoms with Crippen molar-refractivity contribution in [2.75, 3.05) is 20.3 Å². The summed E-state index contributed by atoms with van der Waals surface area (Å²) < 4.78 is 10.8. The lowest BCUT2D eigenvalue weighted by molar-refractivity contribution is -0.140. The van der Waals surface area contributed by atoms with Gasteiger partial charge in [0.2, 0.25) is 0 Å². The zero-order chi connectivity index (χ0) is 21.4. The van der Waals surface area contributed by atoms with Crippen LogP contribution in [0.25, 0.3) is 5.76 Å². The molecule has 1 fully saturated rings. The van der Waals surface area contributed by atoms with E-state index in [4.69, 9.17) is 9.47 Å². The fourth-order valence-electron chi connectivity index (χ4n) is 4.07. The Morgan fingerprint density at radius 3 is 2.77 bits per heavy atom. The predicted molar refractivity (Wildman–Crippen MR) is 109 cm³/mol. The van der Waals surface area contributed by atoms with Crippen molar-refractivity contribution in [2.24, 2.45) is 0 Å². The molecule has 7 nitrogen and oxygen atoms in total. The van der Waals surface area contributed by atoms with Crippen LogP contribution < -0.4 is 4.74 Å². The van der Waals surface area contributed by atoms with E-state index < -0.39 is 17.7 Å². The van der Waals surface area contributed by atoms with Crippen molar-refractivity contribution >= 4 is 17.4 Å². The number of likely N-dealkylation sites (tertiary alicyclic amines) is 1. The fraction of sp³-hybridized carbons (Fsp3) is 0.304. The number of hydrogen-bond donors (Lipinski definition) is 2. The summed E-state index contributed by atoms with van der Waals surface area (Å²) in [5, 5.41) is 21.0. The zero-order valence-corrected chi connectivity index (χ0v) is 16.8. The number of fused-ring (bicyclic) bond motifs is 1. The molecule has 156 valence electrons. The fourth-order valence-corrected chi connectivity index (χ4v) is 4.07. The Kier molecular flexibility index (Phi) is 5.22. The second-order valence-electron chi connectivity index (χ2n) is 7.54. The van der Waals surface area contributed by atoms with Crippen LogP contribution in [0.15, 0.2) is 48.0 Å². The van der Waals surface area contributed by atoms with E-state index in [9.17, 15) is 19.8 Å². The number of carbonyl (C=O) groups excluding carboxylic acids is 2. The predicted octanol–water partition coefficient (Wildman–Crippen LogP) is 2.78. The van der Waals surface area contributed by atoms with Crippen LogP contribution in [0.3, 0.4) is 0 Å². The Bertz CT molecular complexity index is 1040. The lowest BCUT2D eigenvalue weighted by atomic mass is 9.94. The number of aliphatic hydroxyl groups excluding tert-OH is 1. The van der Waals surface area contributed by atoms with Crippen molar-refractivity contribution < 1.29 is 29.3 Å². The third kappa shape index (κ3) is 3.41. The summed E-state index contributed by atoms with van der Waals surface area (Å²) >= 11 is 0. The van der Waals surface area contributed by atoms with E-state index in [0.29, 0.717) is 17.5 Å². The molecule has 2 N–H and O–H groups in total. The zero-order valence-electron chi connectivity index (χ0n) is 16.8. The molecule has 30 heavy (non-hydrogen) atoms. The number of Topliss-reactive ketones (excluding diaryl/α,β-unsaturated/α-hetero) is 1. The van der Waals surface area contributed by atoms with Crippen LogP contribution in [0.2, 0.25) is 0 Å². The molecule has 2 aromatic rings. The minimum Gasteiger partial charge on any atom is -0.508 e. The molecule has 2 atom stereocenters. The SMILES string of the molecule is COCCN1C(=O)C(=O)C(=C(O)c2ccc3c(c2)CC(C)O3)C1c1cccc(O)c1. The van der Waals surface area contributed by atoms with Crippen molar-refractivity contribution in [2.45, 2.75) is 25.5 Å². The molecule has 2 aliphatic heterocycles. The Balaban J connectivity index is 1.83. The van der Waals surface area contributed by atoms with Crippen LogP contribution in [0, 0.1) is 0 Å². The van der Waals surface area contributed by atoms with Crippen LogP contribution >= 0.6 is 0 Å². The molecule has 1 amide bonds. The van der Waals surface area contributed by atoms with Crippen molar-refractivity contribution in [1.29, 1.82) is 0 Å². The summed E-state index contributed by atoms with van der Waals surface area (Å²) in [4.78, 5) is 27.0. The molecule has 0 aliphatic carbocycles. The normalized spacial score (nSPS) is 22.3. The van der Waals surface area contributed by atoms with Crippen LogP contribution in [0.5, 0.6) is 11.5 Å². The van der Waals surface area contributed by atoms with Gasteiger partial charge >= 0.3 is 0 Å². The largest absolute Gasteiger partial charge is 0.508 e. The molecular formula is C23H23NO6. The third-order valence-electron chi connectivity index (χ3n) is 5.43. The molecule has 7 heteroatoms. The van der Waals surface area contributed by atoms with Gasteiger partial charge in [0, 0.05) is 25.6 Å². The summed E-state index contributed by atoms with van der Waals surface area (Å²) in [6.45, 7) is 2.37. The van der Waals surface area contributed by atoms with E-state index in [-0.39, 0.29) is 36.3 Å². The average Bonchev–Trinajstić information content (AvgIpc) is 3.22. The number of phenolic OH excluding ortho intramolecular Hbond substituents is 1. The number of phenols is 1. The van der Waals surface area contributed by atoms with Gasteiger partial charge < -0.3 is 24.6 Å². The highest BCUT2D eigenvalue weighted by atomic mass is 16.5. The van der Waals surface area contributed by atoms with Gasteiger partial charge in [0.1, 0.15) is 23.4 Å². The minimum atomic E-state index is -0.823. The number of methoxy groups -OCH3 is 1. The molecule has 0 saturated carbocycles. The number of aliphatic hydroxyl groups is 1. The molecule has 0 radical (unpaired) electrons. The first-order valence-corrected chi connectivity index (χ1v) is 9.77. The number of amides is 1. The van der Waals surface area contributed by atoms with Gasteiger partial charge in [0.05, 0.1) is 18.2 Å². The molecule has 2 aliphatic rings. The highest BCUT2D eigenvalue weighted by Crippen LogP contribution is 2.41. The van der Waals surface area contributed by atoms with Gasteiger partial charge in [0.25, 0.3) is 11.7 Å². The highest BCUT2D eigenvalue weighted by molar-refractivity contribution is 6.46. The quantitative estimate of drug-likeness (QED) is 0.448. The molecular weight excluding hydrogens is 386 g/mol. The number of aromatic hydroxyl groups is 1. The molecule has 0 aromatic heterocycles. The van der Waals surface area contributed by atoms with E-state index >= 15 is 0 Å². The summed E-state index contributed by atoms with van der Waals surface area (Å²) in [5.41, 5.74) is 1.91. The highest BCUT2D eigenvalue weighted by Gasteiger charge is 2.46. The van der Waals surface area contributed by atoms with Gasteiger partial charge in [-0.1, -0.05) is 12.1 Å². The first kappa shape index (κ1) is 20.0. The number of ketones is 1. The number of nitrogens with zero attached hydrogens (tertiary/aromatic N) is 1. The van der Waals surface area contributed by atoms with E-state index in [1.54, 1.807) is 30.3 Å². The minimum absolute atomic E-state index is 0.00591. The van der Waals surface area contributed by atoms with Crippen LogP contribution in [0.4, 0.5) is 0 Å². The number of hydrogen-bond acceptors (Lipinski definition) is 6. The van der Waals surface area contributed by atoms with Gasteiger partial charge in [-0.25, -0.2) is 0 Å². The monoisotopic (exact) mass is 409 g/mol. The number of rotatable bonds is 5. The van der Waals surface area contributed by atoms with E-state index in [2.05, 4.69) is 0 Å². The third-order valence-corrected chi connectivity index (χ3v) is 5.43. The lowest BCUT2D eigenvalue weighted by Crippen LogP contribution is -2.32. The summed E-state index contributed by atoms with van der Waals surface area (Å²) in [7, 11) is 1.51. The molecule has 4 rings (SSSR count). The molecule has 2 heterocycles. The maximum absolute atomic E-state index is 12.9. The molecule has 0 spiro atoms. The summed E-state index contributed by atoms with van der Waals surface area (Å²) in [6.07, 6.45) is 0.749. The average molecular weight is 409 g/mol. The van der Waals surface area contributed by atoms with Gasteiger partial charge in [-0.2, -0.15) is 0 Å². The van der Waals surface area contributed by atoms with Crippen LogP contribution in [-0.4, -0.2) is 53.2 Å². The van der Waals surface area contributed by atoms with Gasteiger partial charge in [-0.05, 0) is 48.4 Å². The Labute approximate surface area is 174 Å². The Morgan fingerprint density at radius 2 is 2.03 bits per heavy atom. The number of ether oxygens (including phenoxy) is 2. The maximum Gasteiger partial charge on any atom is 0.295 e. The van der Waals surface area contributed by atoms with Crippen molar-refractivity contribution in [3.8, 4) is 11.5 Å². The number of carbonyl (C=O) groups is 2. The van der Waals surface area contributed by atoms with Crippen molar-refractivity contribution in [3.63, 3.8) is 0 Å². The van der Waals surface area contributed by atoms with Gasteiger partial charge in [-0.15, -0.1) is 0 Å². The molecule has 2 aromatic carbocycles. The molecule has 1 saturated heterocycles. The Hall–Kier alpha value is -3.32. The second-order valence-corrected chi connectivity index (χ2v) is 7.54. The second kappa shape index (κ2) is 7.84. The smallest absolute Gasteiger partial charge is 0.295 e. The first-order chi connectivity index (χ1) is 14.4. The number of benzene rings is 2. The summed E-state index contributed by atoms with van der Waals surface area (Å²) in [6, 6.07) is 10.7. The maximum atomic E-state index is 12.9. The van der Waals surface area contributed by atoms with Crippen molar-refractivity contribution in [1.82, 2.24) is 4.90 Å². The Morgan fingerprint density at radius 1 is 1.23 bits per heavy atom. The van der Waals surface area contributed by atoms with Crippen LogP contribution in [0.1, 0.15) is 29.7 Å².